The van der Waals surface area contributed by atoms with Crippen molar-refractivity contribution < 1.29 is 29.6 Å². The third kappa shape index (κ3) is 5.43. The van der Waals surface area contributed by atoms with Crippen molar-refractivity contribution in [3.63, 3.8) is 0 Å². The number of aliphatic hydroxyl groups is 2. The van der Waals surface area contributed by atoms with Gasteiger partial charge in [0.2, 0.25) is 11.8 Å². The number of imide groups is 1. The van der Waals surface area contributed by atoms with Gasteiger partial charge in [0, 0.05) is 19.1 Å². The molecule has 1 heterocycles. The van der Waals surface area contributed by atoms with Gasteiger partial charge in [-0.2, -0.15) is 0 Å². The zero-order chi connectivity index (χ0) is 25.8. The number of methoxy groups -OCH3 is 1. The number of rotatable bonds is 9. The molecule has 0 spiro atoms. The third-order valence-corrected chi connectivity index (χ3v) is 8.13. The Hall–Kier alpha value is -2.48. The molecule has 2 fully saturated rings. The summed E-state index contributed by atoms with van der Waals surface area (Å²) in [5.41, 5.74) is 3.41. The highest BCUT2D eigenvalue weighted by atomic mass is 16.5. The Morgan fingerprint density at radius 3 is 2.61 bits per heavy atom. The molecule has 7 heteroatoms. The SMILES string of the molecule is COCC1=C([C@H](O)CC/C(C)=C/c2cccc(O)c2)[C@H](CO)[C@@H]2C(=O)N(C3CCCCC3)C(=O)[C@@H]2C1. The number of carbonyl (C=O) groups excluding carboxylic acids is 2. The van der Waals surface area contributed by atoms with Crippen LogP contribution >= 0.6 is 0 Å². The smallest absolute Gasteiger partial charge is 0.234 e. The molecule has 1 saturated heterocycles. The summed E-state index contributed by atoms with van der Waals surface area (Å²) >= 11 is 0. The van der Waals surface area contributed by atoms with Crippen LogP contribution in [0.1, 0.15) is 63.9 Å². The van der Waals surface area contributed by atoms with E-state index in [-0.39, 0.29) is 36.8 Å². The molecule has 196 valence electrons. The molecule has 1 saturated carbocycles. The van der Waals surface area contributed by atoms with E-state index in [1.807, 2.05) is 19.1 Å². The second-order valence-electron chi connectivity index (χ2n) is 10.6. The van der Waals surface area contributed by atoms with Gasteiger partial charge in [0.25, 0.3) is 0 Å². The van der Waals surface area contributed by atoms with Crippen LogP contribution in [0.2, 0.25) is 0 Å². The molecule has 1 aromatic rings. The van der Waals surface area contributed by atoms with Gasteiger partial charge < -0.3 is 20.1 Å². The molecule has 7 nitrogen and oxygen atoms in total. The Morgan fingerprint density at radius 1 is 1.19 bits per heavy atom. The number of nitrogens with zero attached hydrogens (tertiary/aromatic N) is 1. The van der Waals surface area contributed by atoms with Crippen LogP contribution in [0.15, 0.2) is 41.0 Å². The van der Waals surface area contributed by atoms with Gasteiger partial charge in [-0.05, 0) is 67.9 Å². The number of benzene rings is 1. The van der Waals surface area contributed by atoms with E-state index < -0.39 is 23.9 Å². The summed E-state index contributed by atoms with van der Waals surface area (Å²) in [7, 11) is 1.58. The van der Waals surface area contributed by atoms with E-state index in [0.717, 1.165) is 48.8 Å². The standard InChI is InChI=1S/C29H39NO6/c1-18(13-19-7-6-10-22(32)14-19)11-12-25(33)26-20(17-36-2)15-23-27(24(26)16-31)29(35)30(28(23)34)21-8-4-3-5-9-21/h6-7,10,13-14,21,23-25,27,31-33H,3-5,8-9,11-12,15-17H2,1-2H3/b18-13+/t23-,24+,25-,27-/m1/s1. The Bertz CT molecular complexity index is 1020. The number of fused-ring (bicyclic) bond motifs is 1. The maximum Gasteiger partial charge on any atom is 0.234 e. The number of allylic oxidation sites excluding steroid dienone is 1. The molecule has 4 rings (SSSR count). The van der Waals surface area contributed by atoms with Crippen molar-refractivity contribution >= 4 is 17.9 Å². The molecule has 1 aliphatic heterocycles. The maximum atomic E-state index is 13.6. The number of aliphatic hydroxyl groups excluding tert-OH is 2. The van der Waals surface area contributed by atoms with Crippen LogP contribution in [-0.2, 0) is 14.3 Å². The molecule has 1 aromatic carbocycles. The Morgan fingerprint density at radius 2 is 1.94 bits per heavy atom. The van der Waals surface area contributed by atoms with Crippen molar-refractivity contribution in [1.82, 2.24) is 4.90 Å². The van der Waals surface area contributed by atoms with Crippen molar-refractivity contribution in [1.29, 1.82) is 0 Å². The highest BCUT2D eigenvalue weighted by molar-refractivity contribution is 6.06. The number of phenols is 1. The molecular weight excluding hydrogens is 458 g/mol. The fraction of sp³-hybridized carbons (Fsp3) is 0.586. The molecule has 36 heavy (non-hydrogen) atoms. The summed E-state index contributed by atoms with van der Waals surface area (Å²) in [5, 5.41) is 31.5. The van der Waals surface area contributed by atoms with Crippen molar-refractivity contribution in [3.8, 4) is 5.75 Å². The fourth-order valence-electron chi connectivity index (χ4n) is 6.48. The summed E-state index contributed by atoms with van der Waals surface area (Å²) in [5.74, 6) is -1.82. The van der Waals surface area contributed by atoms with Crippen molar-refractivity contribution in [2.45, 2.75) is 70.4 Å². The van der Waals surface area contributed by atoms with E-state index in [9.17, 15) is 24.9 Å². The molecule has 2 amide bonds. The van der Waals surface area contributed by atoms with Gasteiger partial charge in [0.15, 0.2) is 0 Å². The van der Waals surface area contributed by atoms with Crippen LogP contribution in [0.5, 0.6) is 5.75 Å². The summed E-state index contributed by atoms with van der Waals surface area (Å²) in [6, 6.07) is 6.95. The normalized spacial score (nSPS) is 26.5. The zero-order valence-corrected chi connectivity index (χ0v) is 21.4. The largest absolute Gasteiger partial charge is 0.508 e. The first-order valence-electron chi connectivity index (χ1n) is 13.2. The Kier molecular flexibility index (Phi) is 8.65. The van der Waals surface area contributed by atoms with Crippen LogP contribution in [0.25, 0.3) is 6.08 Å². The summed E-state index contributed by atoms with van der Waals surface area (Å²) in [4.78, 5) is 28.5. The molecule has 3 aliphatic rings. The van der Waals surface area contributed by atoms with Crippen molar-refractivity contribution in [2.75, 3.05) is 20.3 Å². The number of likely N-dealkylation sites (tertiary alicyclic amines) is 1. The Labute approximate surface area is 213 Å². The van der Waals surface area contributed by atoms with Gasteiger partial charge in [0.05, 0.1) is 31.2 Å². The lowest BCUT2D eigenvalue weighted by molar-refractivity contribution is -0.143. The third-order valence-electron chi connectivity index (χ3n) is 8.13. The second-order valence-corrected chi connectivity index (χ2v) is 10.6. The molecule has 0 bridgehead atoms. The van der Waals surface area contributed by atoms with Gasteiger partial charge >= 0.3 is 0 Å². The highest BCUT2D eigenvalue weighted by Crippen LogP contribution is 2.47. The number of hydrogen-bond acceptors (Lipinski definition) is 6. The Balaban J connectivity index is 1.55. The van der Waals surface area contributed by atoms with E-state index >= 15 is 0 Å². The lowest BCUT2D eigenvalue weighted by Gasteiger charge is -2.36. The number of carbonyl (C=O) groups is 2. The molecule has 4 atom stereocenters. The molecule has 2 aliphatic carbocycles. The predicted octanol–water partition coefficient (Wildman–Crippen LogP) is 3.83. The van der Waals surface area contributed by atoms with Crippen LogP contribution in [0.3, 0.4) is 0 Å². The first-order valence-corrected chi connectivity index (χ1v) is 13.2. The van der Waals surface area contributed by atoms with Gasteiger partial charge in [-0.25, -0.2) is 0 Å². The predicted molar refractivity (Wildman–Crippen MR) is 137 cm³/mol. The van der Waals surface area contributed by atoms with E-state index in [2.05, 4.69) is 0 Å². The molecular formula is C29H39NO6. The molecule has 0 unspecified atom stereocenters. The van der Waals surface area contributed by atoms with Crippen LogP contribution in [0.4, 0.5) is 0 Å². The quantitative estimate of drug-likeness (QED) is 0.354. The highest BCUT2D eigenvalue weighted by Gasteiger charge is 2.56. The lowest BCUT2D eigenvalue weighted by Crippen LogP contribution is -2.42. The topological polar surface area (TPSA) is 107 Å². The molecule has 0 radical (unpaired) electrons. The second kappa shape index (κ2) is 11.7. The molecule has 3 N–H and O–H groups in total. The summed E-state index contributed by atoms with van der Waals surface area (Å²) in [6.45, 7) is 1.94. The van der Waals surface area contributed by atoms with Crippen molar-refractivity contribution in [2.24, 2.45) is 17.8 Å². The van der Waals surface area contributed by atoms with Gasteiger partial charge in [0.1, 0.15) is 5.75 Å². The van der Waals surface area contributed by atoms with E-state index in [1.54, 1.807) is 25.3 Å². The van der Waals surface area contributed by atoms with Gasteiger partial charge in [-0.15, -0.1) is 0 Å². The fourth-order valence-corrected chi connectivity index (χ4v) is 6.48. The number of hydrogen-bond donors (Lipinski definition) is 3. The van der Waals surface area contributed by atoms with Crippen LogP contribution in [0, 0.1) is 17.8 Å². The monoisotopic (exact) mass is 497 g/mol. The van der Waals surface area contributed by atoms with E-state index in [1.165, 1.54) is 4.90 Å². The summed E-state index contributed by atoms with van der Waals surface area (Å²) < 4.78 is 5.43. The maximum absolute atomic E-state index is 13.6. The minimum absolute atomic E-state index is 0.0480. The first-order chi connectivity index (χ1) is 17.3. The van der Waals surface area contributed by atoms with Crippen LogP contribution in [-0.4, -0.2) is 64.5 Å². The van der Waals surface area contributed by atoms with E-state index in [0.29, 0.717) is 24.8 Å². The van der Waals surface area contributed by atoms with Crippen molar-refractivity contribution in [3.05, 3.63) is 46.5 Å². The van der Waals surface area contributed by atoms with Crippen LogP contribution < -0.4 is 0 Å². The number of ether oxygens (including phenoxy) is 1. The first kappa shape index (κ1) is 26.6. The minimum Gasteiger partial charge on any atom is -0.508 e. The number of aromatic hydroxyl groups is 1. The lowest BCUT2D eigenvalue weighted by atomic mass is 9.68. The van der Waals surface area contributed by atoms with E-state index in [4.69, 9.17) is 4.74 Å². The average Bonchev–Trinajstić information content (AvgIpc) is 3.11. The summed E-state index contributed by atoms with van der Waals surface area (Å²) in [6.07, 6.45) is 7.39. The number of phenolic OH excluding ortho intramolecular Hbond substituents is 1. The zero-order valence-electron chi connectivity index (χ0n) is 21.4. The van der Waals surface area contributed by atoms with Gasteiger partial charge in [-0.3, -0.25) is 14.5 Å². The van der Waals surface area contributed by atoms with Gasteiger partial charge in [-0.1, -0.05) is 43.0 Å². The number of amides is 2. The average molecular weight is 498 g/mol. The molecule has 0 aromatic heterocycles. The minimum atomic E-state index is -0.854.